The van der Waals surface area contributed by atoms with Crippen molar-refractivity contribution in [2.75, 3.05) is 6.54 Å². The van der Waals surface area contributed by atoms with Crippen LogP contribution in [0.2, 0.25) is 0 Å². The Morgan fingerprint density at radius 3 is 2.39 bits per heavy atom. The van der Waals surface area contributed by atoms with Crippen molar-refractivity contribution in [3.05, 3.63) is 57.1 Å². The van der Waals surface area contributed by atoms with E-state index in [0.29, 0.717) is 17.7 Å². The third-order valence-electron chi connectivity index (χ3n) is 7.04. The van der Waals surface area contributed by atoms with Crippen molar-refractivity contribution in [3.63, 3.8) is 0 Å². The van der Waals surface area contributed by atoms with Crippen molar-refractivity contribution in [1.82, 2.24) is 14.9 Å². The van der Waals surface area contributed by atoms with E-state index in [-0.39, 0.29) is 17.9 Å². The summed E-state index contributed by atoms with van der Waals surface area (Å²) in [4.78, 5) is 41.2. The molecule has 176 valence electrons. The van der Waals surface area contributed by atoms with Crippen molar-refractivity contribution in [2.45, 2.75) is 64.3 Å². The molecule has 0 aliphatic heterocycles. The van der Waals surface area contributed by atoms with E-state index >= 15 is 0 Å². The lowest BCUT2D eigenvalue weighted by Gasteiger charge is -2.25. The molecule has 2 aliphatic rings. The van der Waals surface area contributed by atoms with Gasteiger partial charge < -0.3 is 15.5 Å². The highest BCUT2D eigenvalue weighted by atomic mass is 16.4. The maximum Gasteiger partial charge on any atom is 0.322 e. The number of carbonyl (C=O) groups excluding carboxylic acids is 1. The van der Waals surface area contributed by atoms with Gasteiger partial charge in [0.15, 0.2) is 5.56 Å². The van der Waals surface area contributed by atoms with Crippen molar-refractivity contribution < 1.29 is 19.8 Å². The molecule has 0 radical (unpaired) electrons. The summed E-state index contributed by atoms with van der Waals surface area (Å²) < 4.78 is 1.49. The average molecular weight is 454 g/mol. The first-order valence-electron chi connectivity index (χ1n) is 11.5. The van der Waals surface area contributed by atoms with Gasteiger partial charge in [0.2, 0.25) is 5.88 Å². The summed E-state index contributed by atoms with van der Waals surface area (Å²) >= 11 is 0. The van der Waals surface area contributed by atoms with Gasteiger partial charge in [0.05, 0.1) is 6.54 Å². The molecule has 2 saturated carbocycles. The largest absolute Gasteiger partial charge is 0.493 e. The van der Waals surface area contributed by atoms with Crippen LogP contribution in [0.1, 0.15) is 79.7 Å². The molecule has 1 heterocycles. The van der Waals surface area contributed by atoms with Gasteiger partial charge in [-0.15, -0.1) is 0 Å². The molecule has 2 aliphatic carbocycles. The number of amides is 1. The van der Waals surface area contributed by atoms with Gasteiger partial charge in [-0.3, -0.25) is 19.0 Å². The third-order valence-corrected chi connectivity index (χ3v) is 7.04. The number of carboxylic acids is 1. The molecule has 1 unspecified atom stereocenters. The molecule has 2 bridgehead atoms. The van der Waals surface area contributed by atoms with Gasteiger partial charge in [0, 0.05) is 5.92 Å². The smallest absolute Gasteiger partial charge is 0.322 e. The molecule has 3 atom stereocenters. The zero-order valence-corrected chi connectivity index (χ0v) is 19.3. The molecule has 2 aromatic rings. The van der Waals surface area contributed by atoms with Gasteiger partial charge in [-0.1, -0.05) is 51.5 Å². The molecule has 1 aromatic carbocycles. The predicted molar refractivity (Wildman–Crippen MR) is 123 cm³/mol. The van der Waals surface area contributed by atoms with Crippen molar-refractivity contribution in [3.8, 4) is 5.88 Å². The highest BCUT2D eigenvalue weighted by Crippen LogP contribution is 2.52. The number of carbonyl (C=O) groups is 2. The van der Waals surface area contributed by atoms with Gasteiger partial charge in [-0.05, 0) is 47.6 Å². The fourth-order valence-corrected chi connectivity index (χ4v) is 5.29. The van der Waals surface area contributed by atoms with Gasteiger partial charge in [-0.25, -0.2) is 0 Å². The number of benzene rings is 1. The highest BCUT2D eigenvalue weighted by molar-refractivity contribution is 5.97. The maximum atomic E-state index is 13.4. The number of aliphatic carboxylic acids is 1. The van der Waals surface area contributed by atoms with Crippen molar-refractivity contribution in [2.24, 2.45) is 11.8 Å². The standard InChI is InChI=1S/C25H31N3O5/c1-25(2,3)17-8-5-14(6-9-17)13-28-21(18-11-15-4-7-16(18)10-15)27-23(32)20(24(28)33)22(31)26-12-19(29)30/h5-6,8-9,15-16,18,32H,4,7,10-13H2,1-3H3,(H,26,31)(H,29,30)/t15-,16+,18?/m1/s1. The van der Waals surface area contributed by atoms with E-state index in [2.05, 4.69) is 31.1 Å². The first-order chi connectivity index (χ1) is 15.5. The lowest BCUT2D eigenvalue weighted by molar-refractivity contribution is -0.135. The quantitative estimate of drug-likeness (QED) is 0.618. The number of hydrogen-bond acceptors (Lipinski definition) is 5. The lowest BCUT2D eigenvalue weighted by Crippen LogP contribution is -2.38. The maximum absolute atomic E-state index is 13.4. The van der Waals surface area contributed by atoms with E-state index in [1.165, 1.54) is 16.6 Å². The molecule has 3 N–H and O–H groups in total. The summed E-state index contributed by atoms with van der Waals surface area (Å²) in [5.41, 5.74) is 0.889. The van der Waals surface area contributed by atoms with Gasteiger partial charge >= 0.3 is 5.97 Å². The second-order valence-corrected chi connectivity index (χ2v) is 10.4. The number of fused-ring (bicyclic) bond motifs is 2. The van der Waals surface area contributed by atoms with Gasteiger partial charge in [0.1, 0.15) is 12.4 Å². The Morgan fingerprint density at radius 2 is 1.85 bits per heavy atom. The summed E-state index contributed by atoms with van der Waals surface area (Å²) in [5, 5.41) is 21.5. The first-order valence-corrected chi connectivity index (χ1v) is 11.5. The Kier molecular flexibility index (Phi) is 6.03. The van der Waals surface area contributed by atoms with Crippen LogP contribution in [-0.2, 0) is 16.8 Å². The molecular weight excluding hydrogens is 422 g/mol. The van der Waals surface area contributed by atoms with E-state index in [0.717, 1.165) is 24.8 Å². The minimum atomic E-state index is -1.24. The predicted octanol–water partition coefficient (Wildman–Crippen LogP) is 3.01. The summed E-state index contributed by atoms with van der Waals surface area (Å²) in [7, 11) is 0. The van der Waals surface area contributed by atoms with Crippen molar-refractivity contribution >= 4 is 11.9 Å². The third kappa shape index (κ3) is 4.65. The van der Waals surface area contributed by atoms with Crippen LogP contribution >= 0.6 is 0 Å². The minimum Gasteiger partial charge on any atom is -0.493 e. The van der Waals surface area contributed by atoms with E-state index in [1.807, 2.05) is 24.3 Å². The van der Waals surface area contributed by atoms with Crippen LogP contribution in [0.5, 0.6) is 5.88 Å². The fraction of sp³-hybridized carbons (Fsp3) is 0.520. The molecule has 0 saturated heterocycles. The Labute approximate surface area is 192 Å². The molecular formula is C25H31N3O5. The minimum absolute atomic E-state index is 0.000891. The van der Waals surface area contributed by atoms with Gasteiger partial charge in [-0.2, -0.15) is 4.98 Å². The second kappa shape index (κ2) is 8.65. The summed E-state index contributed by atoms with van der Waals surface area (Å²) in [6.07, 6.45) is 4.28. The fourth-order valence-electron chi connectivity index (χ4n) is 5.29. The van der Waals surface area contributed by atoms with E-state index in [4.69, 9.17) is 5.11 Å². The Balaban J connectivity index is 1.75. The van der Waals surface area contributed by atoms with Crippen LogP contribution in [-0.4, -0.2) is 38.2 Å². The van der Waals surface area contributed by atoms with E-state index in [1.54, 1.807) is 0 Å². The molecule has 1 amide bonds. The van der Waals surface area contributed by atoms with Crippen LogP contribution in [0.4, 0.5) is 0 Å². The van der Waals surface area contributed by atoms with E-state index < -0.39 is 35.4 Å². The molecule has 8 nitrogen and oxygen atoms in total. The molecule has 8 heteroatoms. The number of rotatable bonds is 6. The van der Waals surface area contributed by atoms with Crippen LogP contribution < -0.4 is 10.9 Å². The Bertz CT molecular complexity index is 1130. The second-order valence-electron chi connectivity index (χ2n) is 10.4. The summed E-state index contributed by atoms with van der Waals surface area (Å²) in [5.74, 6) is -1.22. The molecule has 33 heavy (non-hydrogen) atoms. The zero-order chi connectivity index (χ0) is 23.9. The monoisotopic (exact) mass is 453 g/mol. The topological polar surface area (TPSA) is 122 Å². The lowest BCUT2D eigenvalue weighted by atomic mass is 9.86. The first kappa shape index (κ1) is 23.0. The summed E-state index contributed by atoms with van der Waals surface area (Å²) in [6.45, 7) is 5.96. The molecule has 0 spiro atoms. The number of aromatic nitrogens is 2. The van der Waals surface area contributed by atoms with Crippen LogP contribution in [0, 0.1) is 11.8 Å². The number of aromatic hydroxyl groups is 1. The Hall–Kier alpha value is -3.16. The van der Waals surface area contributed by atoms with Crippen LogP contribution in [0.3, 0.4) is 0 Å². The number of nitrogens with one attached hydrogen (secondary N) is 1. The Morgan fingerprint density at radius 1 is 1.15 bits per heavy atom. The number of hydrogen-bond donors (Lipinski definition) is 3. The van der Waals surface area contributed by atoms with Crippen LogP contribution in [0.15, 0.2) is 29.1 Å². The molecule has 2 fully saturated rings. The van der Waals surface area contributed by atoms with Crippen LogP contribution in [0.25, 0.3) is 0 Å². The van der Waals surface area contributed by atoms with E-state index in [9.17, 15) is 19.5 Å². The van der Waals surface area contributed by atoms with Gasteiger partial charge in [0.25, 0.3) is 11.5 Å². The highest BCUT2D eigenvalue weighted by Gasteiger charge is 2.43. The summed E-state index contributed by atoms with van der Waals surface area (Å²) in [6, 6.07) is 8.00. The average Bonchev–Trinajstić information content (AvgIpc) is 3.37. The SMILES string of the molecule is CC(C)(C)c1ccc(Cn2c(C3C[C@@H]4CC[C@H]3C4)nc(O)c(C(=O)NCC(=O)O)c2=O)cc1. The number of carboxylic acid groups (broad SMARTS) is 1. The molecule has 1 aromatic heterocycles. The van der Waals surface area contributed by atoms with Crippen molar-refractivity contribution in [1.29, 1.82) is 0 Å². The molecule has 4 rings (SSSR count). The number of nitrogens with zero attached hydrogens (tertiary/aromatic N) is 2. The normalized spacial score (nSPS) is 21.8. The zero-order valence-electron chi connectivity index (χ0n) is 19.3.